The maximum Gasteiger partial charge on any atom is 0.0658 e. The summed E-state index contributed by atoms with van der Waals surface area (Å²) in [5.74, 6) is 0.989. The van der Waals surface area contributed by atoms with E-state index in [0.717, 1.165) is 19.4 Å². The molecule has 1 aliphatic carbocycles. The highest BCUT2D eigenvalue weighted by Crippen LogP contribution is 2.39. The lowest BCUT2D eigenvalue weighted by molar-refractivity contribution is 0.710. The fourth-order valence-corrected chi connectivity index (χ4v) is 0.939. The topological polar surface area (TPSA) is 49.8 Å². The molecular weight excluding hydrogens is 100 g/mol. The fourth-order valence-electron chi connectivity index (χ4n) is 0.939. The summed E-state index contributed by atoms with van der Waals surface area (Å²) in [6, 6.07) is 2.22. The standard InChI is InChI=1S/C6H10N2/c7-2-1-5-3-6(5)4-8/h5-6H,1-3,7H2/t5-,6?/m0/s1. The van der Waals surface area contributed by atoms with Crippen LogP contribution in [0.1, 0.15) is 12.8 Å². The molecule has 1 unspecified atom stereocenters. The highest BCUT2D eigenvalue weighted by atomic mass is 14.5. The minimum absolute atomic E-state index is 0.346. The van der Waals surface area contributed by atoms with Gasteiger partial charge in [0.1, 0.15) is 0 Å². The molecule has 0 spiro atoms. The highest BCUT2D eigenvalue weighted by Gasteiger charge is 2.35. The van der Waals surface area contributed by atoms with Crippen LogP contribution in [0.4, 0.5) is 0 Å². The molecule has 2 heteroatoms. The van der Waals surface area contributed by atoms with Crippen molar-refractivity contribution in [2.24, 2.45) is 17.6 Å². The Morgan fingerprint density at radius 2 is 2.50 bits per heavy atom. The number of nitriles is 1. The Balaban J connectivity index is 2.10. The molecule has 0 aliphatic heterocycles. The first kappa shape index (κ1) is 5.58. The zero-order chi connectivity index (χ0) is 5.98. The van der Waals surface area contributed by atoms with Crippen molar-refractivity contribution in [3.63, 3.8) is 0 Å². The number of rotatable bonds is 2. The van der Waals surface area contributed by atoms with Gasteiger partial charge >= 0.3 is 0 Å². The van der Waals surface area contributed by atoms with Gasteiger partial charge in [0.05, 0.1) is 6.07 Å². The van der Waals surface area contributed by atoms with E-state index in [1.807, 2.05) is 0 Å². The van der Waals surface area contributed by atoms with E-state index in [4.69, 9.17) is 11.0 Å². The van der Waals surface area contributed by atoms with Gasteiger partial charge in [-0.05, 0) is 25.3 Å². The lowest BCUT2D eigenvalue weighted by Gasteiger charge is -1.85. The molecule has 0 amide bonds. The molecule has 0 aromatic carbocycles. The molecule has 44 valence electrons. The predicted octanol–water partition coefficient (Wildman–Crippen LogP) is 0.495. The molecule has 0 heterocycles. The van der Waals surface area contributed by atoms with Crippen molar-refractivity contribution in [3.05, 3.63) is 0 Å². The van der Waals surface area contributed by atoms with Crippen molar-refractivity contribution in [1.82, 2.24) is 0 Å². The predicted molar refractivity (Wildman–Crippen MR) is 30.9 cm³/mol. The van der Waals surface area contributed by atoms with Crippen LogP contribution in [0.3, 0.4) is 0 Å². The summed E-state index contributed by atoms with van der Waals surface area (Å²) < 4.78 is 0. The van der Waals surface area contributed by atoms with Crippen LogP contribution in [0.25, 0.3) is 0 Å². The van der Waals surface area contributed by atoms with Gasteiger partial charge in [0, 0.05) is 5.92 Å². The van der Waals surface area contributed by atoms with Crippen molar-refractivity contribution in [2.75, 3.05) is 6.54 Å². The maximum atomic E-state index is 8.31. The molecular formula is C6H10N2. The van der Waals surface area contributed by atoms with Crippen molar-refractivity contribution in [1.29, 1.82) is 5.26 Å². The second-order valence-electron chi connectivity index (χ2n) is 2.31. The molecule has 2 nitrogen and oxygen atoms in total. The summed E-state index contributed by atoms with van der Waals surface area (Å²) in [6.07, 6.45) is 2.13. The van der Waals surface area contributed by atoms with Gasteiger partial charge in [-0.2, -0.15) is 5.26 Å². The van der Waals surface area contributed by atoms with Gasteiger partial charge in [-0.25, -0.2) is 0 Å². The summed E-state index contributed by atoms with van der Waals surface area (Å²) in [4.78, 5) is 0. The van der Waals surface area contributed by atoms with E-state index < -0.39 is 0 Å². The van der Waals surface area contributed by atoms with Gasteiger partial charge in [-0.1, -0.05) is 0 Å². The number of nitrogens with zero attached hydrogens (tertiary/aromatic N) is 1. The average molecular weight is 110 g/mol. The van der Waals surface area contributed by atoms with Gasteiger partial charge in [0.25, 0.3) is 0 Å². The van der Waals surface area contributed by atoms with Crippen LogP contribution in [0.2, 0.25) is 0 Å². The van der Waals surface area contributed by atoms with E-state index in [2.05, 4.69) is 6.07 Å². The van der Waals surface area contributed by atoms with Crippen LogP contribution in [0.15, 0.2) is 0 Å². The zero-order valence-corrected chi connectivity index (χ0v) is 4.80. The Morgan fingerprint density at radius 3 is 2.88 bits per heavy atom. The van der Waals surface area contributed by atoms with Gasteiger partial charge in [-0.15, -0.1) is 0 Å². The second-order valence-corrected chi connectivity index (χ2v) is 2.31. The third-order valence-electron chi connectivity index (χ3n) is 1.63. The van der Waals surface area contributed by atoms with Gasteiger partial charge in [0.2, 0.25) is 0 Å². The molecule has 0 aromatic rings. The molecule has 0 bridgehead atoms. The normalized spacial score (nSPS) is 34.0. The van der Waals surface area contributed by atoms with E-state index in [-0.39, 0.29) is 0 Å². The van der Waals surface area contributed by atoms with Crippen LogP contribution in [-0.4, -0.2) is 6.54 Å². The van der Waals surface area contributed by atoms with Gasteiger partial charge < -0.3 is 5.73 Å². The smallest absolute Gasteiger partial charge is 0.0658 e. The molecule has 2 N–H and O–H groups in total. The monoisotopic (exact) mass is 110 g/mol. The Morgan fingerprint density at radius 1 is 1.75 bits per heavy atom. The Bertz CT molecular complexity index is 114. The minimum Gasteiger partial charge on any atom is -0.330 e. The number of hydrogen-bond acceptors (Lipinski definition) is 2. The largest absolute Gasteiger partial charge is 0.330 e. The summed E-state index contributed by atoms with van der Waals surface area (Å²) in [7, 11) is 0. The molecule has 1 aliphatic rings. The van der Waals surface area contributed by atoms with Crippen LogP contribution < -0.4 is 5.73 Å². The summed E-state index contributed by atoms with van der Waals surface area (Å²) in [6.45, 7) is 0.739. The van der Waals surface area contributed by atoms with Gasteiger partial charge in [-0.3, -0.25) is 0 Å². The van der Waals surface area contributed by atoms with E-state index in [1.165, 1.54) is 0 Å². The summed E-state index contributed by atoms with van der Waals surface area (Å²) in [5, 5.41) is 8.31. The van der Waals surface area contributed by atoms with E-state index in [0.29, 0.717) is 11.8 Å². The van der Waals surface area contributed by atoms with Crippen molar-refractivity contribution in [3.8, 4) is 6.07 Å². The molecule has 1 fully saturated rings. The SMILES string of the molecule is N#CC1C[C@@H]1CCN. The first-order chi connectivity index (χ1) is 3.88. The molecule has 1 saturated carbocycles. The van der Waals surface area contributed by atoms with E-state index in [9.17, 15) is 0 Å². The first-order valence-electron chi connectivity index (χ1n) is 2.98. The number of nitrogens with two attached hydrogens (primary N) is 1. The molecule has 0 saturated heterocycles. The summed E-state index contributed by atoms with van der Waals surface area (Å²) in [5.41, 5.74) is 5.28. The number of hydrogen-bond donors (Lipinski definition) is 1. The van der Waals surface area contributed by atoms with Crippen LogP contribution in [-0.2, 0) is 0 Å². The zero-order valence-electron chi connectivity index (χ0n) is 4.80. The van der Waals surface area contributed by atoms with E-state index in [1.54, 1.807) is 0 Å². The van der Waals surface area contributed by atoms with Crippen molar-refractivity contribution in [2.45, 2.75) is 12.8 Å². The quantitative estimate of drug-likeness (QED) is 0.562. The molecule has 1 rings (SSSR count). The van der Waals surface area contributed by atoms with E-state index >= 15 is 0 Å². The average Bonchev–Trinajstić information content (AvgIpc) is 2.48. The highest BCUT2D eigenvalue weighted by molar-refractivity contribution is 5.00. The molecule has 0 aromatic heterocycles. The molecule has 2 atom stereocenters. The lowest BCUT2D eigenvalue weighted by atomic mass is 10.2. The Labute approximate surface area is 49.3 Å². The molecule has 0 radical (unpaired) electrons. The third kappa shape index (κ3) is 0.988. The minimum atomic E-state index is 0.346. The lowest BCUT2D eigenvalue weighted by Crippen LogP contribution is -1.99. The van der Waals surface area contributed by atoms with Crippen molar-refractivity contribution >= 4 is 0 Å². The van der Waals surface area contributed by atoms with Crippen molar-refractivity contribution < 1.29 is 0 Å². The Hall–Kier alpha value is -0.550. The summed E-state index contributed by atoms with van der Waals surface area (Å²) >= 11 is 0. The first-order valence-corrected chi connectivity index (χ1v) is 2.98. The third-order valence-corrected chi connectivity index (χ3v) is 1.63. The second kappa shape index (κ2) is 2.15. The maximum absolute atomic E-state index is 8.31. The van der Waals surface area contributed by atoms with Crippen LogP contribution in [0.5, 0.6) is 0 Å². The molecule has 8 heavy (non-hydrogen) atoms. The van der Waals surface area contributed by atoms with Crippen LogP contribution >= 0.6 is 0 Å². The Kier molecular flexibility index (Phi) is 1.50. The van der Waals surface area contributed by atoms with Crippen LogP contribution in [0, 0.1) is 23.2 Å². The fraction of sp³-hybridized carbons (Fsp3) is 0.833. The van der Waals surface area contributed by atoms with Gasteiger partial charge in [0.15, 0.2) is 0 Å².